The van der Waals surface area contributed by atoms with E-state index in [1.54, 1.807) is 18.2 Å². The van der Waals surface area contributed by atoms with Crippen LogP contribution in [-0.4, -0.2) is 54.0 Å². The van der Waals surface area contributed by atoms with Crippen LogP contribution in [-0.2, 0) is 17.8 Å². The molecule has 8 heteroatoms. The van der Waals surface area contributed by atoms with Crippen LogP contribution in [0.1, 0.15) is 29.4 Å². The second-order valence-corrected chi connectivity index (χ2v) is 7.28. The fraction of sp³-hybridized carbons (Fsp3) is 0.450. The van der Waals surface area contributed by atoms with Crippen molar-refractivity contribution < 1.29 is 9.18 Å². The van der Waals surface area contributed by atoms with Crippen LogP contribution in [0.5, 0.6) is 0 Å². The highest BCUT2D eigenvalue weighted by atomic mass is 19.1. The van der Waals surface area contributed by atoms with E-state index in [-0.39, 0.29) is 18.1 Å². The Morgan fingerprint density at radius 1 is 1.36 bits per heavy atom. The van der Waals surface area contributed by atoms with Crippen LogP contribution in [0, 0.1) is 5.82 Å². The van der Waals surface area contributed by atoms with Gasteiger partial charge in [-0.3, -0.25) is 9.69 Å². The molecule has 1 amide bonds. The standard InChI is InChI=1S/C20H25FN6O/c1-22-20-14-7-9-27(12-18(28)24-16-5-3-2-4-15(16)21)11-17(14)25-19(26-20)13-6-8-23-10-13/h2-5,13,23H,6-12H2,1H3,(H,24,28)(H,22,25,26)/t13-/m0/s1. The Bertz CT molecular complexity index is 868. The molecule has 1 aromatic heterocycles. The van der Waals surface area contributed by atoms with Crippen LogP contribution in [0.25, 0.3) is 0 Å². The van der Waals surface area contributed by atoms with Crippen molar-refractivity contribution in [1.29, 1.82) is 0 Å². The molecular formula is C20H25FN6O. The molecule has 2 aliphatic rings. The molecule has 4 rings (SSSR count). The zero-order chi connectivity index (χ0) is 19.5. The maximum absolute atomic E-state index is 13.7. The summed E-state index contributed by atoms with van der Waals surface area (Å²) >= 11 is 0. The Morgan fingerprint density at radius 2 is 2.21 bits per heavy atom. The number of hydrogen-bond donors (Lipinski definition) is 3. The molecule has 1 saturated heterocycles. The second-order valence-electron chi connectivity index (χ2n) is 7.28. The number of nitrogens with zero attached hydrogens (tertiary/aromatic N) is 3. The summed E-state index contributed by atoms with van der Waals surface area (Å²) in [4.78, 5) is 24.0. The van der Waals surface area contributed by atoms with E-state index < -0.39 is 5.82 Å². The van der Waals surface area contributed by atoms with Gasteiger partial charge in [0.25, 0.3) is 0 Å². The fourth-order valence-corrected chi connectivity index (χ4v) is 3.86. The summed E-state index contributed by atoms with van der Waals surface area (Å²) in [5.41, 5.74) is 2.31. The van der Waals surface area contributed by atoms with Gasteiger partial charge < -0.3 is 16.0 Å². The van der Waals surface area contributed by atoms with Crippen LogP contribution < -0.4 is 16.0 Å². The zero-order valence-electron chi connectivity index (χ0n) is 16.0. The van der Waals surface area contributed by atoms with Crippen molar-refractivity contribution in [3.05, 3.63) is 47.2 Å². The Kier molecular flexibility index (Phi) is 5.50. The molecule has 0 spiro atoms. The molecule has 0 unspecified atom stereocenters. The number of nitrogens with one attached hydrogen (secondary N) is 3. The van der Waals surface area contributed by atoms with Gasteiger partial charge >= 0.3 is 0 Å². The number of amides is 1. The molecule has 0 aliphatic carbocycles. The van der Waals surface area contributed by atoms with Gasteiger partial charge in [-0.25, -0.2) is 14.4 Å². The van der Waals surface area contributed by atoms with Gasteiger partial charge in [-0.2, -0.15) is 0 Å². The molecule has 0 radical (unpaired) electrons. The predicted octanol–water partition coefficient (Wildman–Crippen LogP) is 1.73. The van der Waals surface area contributed by atoms with E-state index in [0.29, 0.717) is 12.5 Å². The van der Waals surface area contributed by atoms with Gasteiger partial charge in [-0.05, 0) is 31.5 Å². The molecule has 28 heavy (non-hydrogen) atoms. The number of halogens is 1. The van der Waals surface area contributed by atoms with E-state index in [0.717, 1.165) is 55.4 Å². The van der Waals surface area contributed by atoms with Crippen molar-refractivity contribution >= 4 is 17.4 Å². The average Bonchev–Trinajstić information content (AvgIpc) is 3.23. The second kappa shape index (κ2) is 8.20. The maximum atomic E-state index is 13.7. The minimum Gasteiger partial charge on any atom is -0.373 e. The number of rotatable bonds is 5. The van der Waals surface area contributed by atoms with Crippen molar-refractivity contribution in [3.8, 4) is 0 Å². The number of benzene rings is 1. The normalized spacial score (nSPS) is 19.3. The van der Waals surface area contributed by atoms with E-state index in [1.807, 2.05) is 11.9 Å². The first-order valence-corrected chi connectivity index (χ1v) is 9.69. The van der Waals surface area contributed by atoms with Crippen molar-refractivity contribution in [2.75, 3.05) is 43.9 Å². The fourth-order valence-electron chi connectivity index (χ4n) is 3.86. The van der Waals surface area contributed by atoms with Gasteiger partial charge in [-0.15, -0.1) is 0 Å². The van der Waals surface area contributed by atoms with Gasteiger partial charge in [0.15, 0.2) is 0 Å². The Balaban J connectivity index is 1.47. The third-order valence-corrected chi connectivity index (χ3v) is 5.34. The molecule has 3 N–H and O–H groups in total. The molecule has 1 aromatic carbocycles. The Labute approximate surface area is 163 Å². The number of anilines is 2. The van der Waals surface area contributed by atoms with E-state index in [2.05, 4.69) is 16.0 Å². The molecule has 1 fully saturated rings. The molecule has 148 valence electrons. The summed E-state index contributed by atoms with van der Waals surface area (Å²) in [5.74, 6) is 1.43. The maximum Gasteiger partial charge on any atom is 0.238 e. The van der Waals surface area contributed by atoms with Crippen LogP contribution in [0.4, 0.5) is 15.9 Å². The van der Waals surface area contributed by atoms with Crippen molar-refractivity contribution in [1.82, 2.24) is 20.2 Å². The van der Waals surface area contributed by atoms with E-state index in [4.69, 9.17) is 9.97 Å². The SMILES string of the molecule is CNc1nc([C@H]2CCNC2)nc2c1CCN(CC(=O)Nc1ccccc1F)C2. The lowest BCUT2D eigenvalue weighted by Gasteiger charge is -2.29. The number of para-hydroxylation sites is 1. The van der Waals surface area contributed by atoms with Gasteiger partial charge in [0, 0.05) is 38.2 Å². The summed E-state index contributed by atoms with van der Waals surface area (Å²) in [5, 5.41) is 9.21. The summed E-state index contributed by atoms with van der Waals surface area (Å²) in [7, 11) is 1.88. The predicted molar refractivity (Wildman–Crippen MR) is 106 cm³/mol. The largest absolute Gasteiger partial charge is 0.373 e. The van der Waals surface area contributed by atoms with Crippen molar-refractivity contribution in [2.45, 2.75) is 25.3 Å². The number of aromatic nitrogens is 2. The quantitative estimate of drug-likeness (QED) is 0.728. The molecule has 2 aliphatic heterocycles. The zero-order valence-corrected chi connectivity index (χ0v) is 16.0. The minimum atomic E-state index is -0.430. The Hall–Kier alpha value is -2.58. The van der Waals surface area contributed by atoms with Crippen molar-refractivity contribution in [2.24, 2.45) is 0 Å². The number of carbonyl (C=O) groups is 1. The van der Waals surface area contributed by atoms with Crippen LogP contribution in [0.3, 0.4) is 0 Å². The summed E-state index contributed by atoms with van der Waals surface area (Å²) in [6.07, 6.45) is 1.82. The van der Waals surface area contributed by atoms with Gasteiger partial charge in [-0.1, -0.05) is 12.1 Å². The third-order valence-electron chi connectivity index (χ3n) is 5.34. The van der Waals surface area contributed by atoms with E-state index in [9.17, 15) is 9.18 Å². The lowest BCUT2D eigenvalue weighted by Crippen LogP contribution is -2.38. The molecule has 7 nitrogen and oxygen atoms in total. The van der Waals surface area contributed by atoms with Crippen LogP contribution in [0.2, 0.25) is 0 Å². The molecule has 0 bridgehead atoms. The summed E-state index contributed by atoms with van der Waals surface area (Å²) < 4.78 is 13.7. The summed E-state index contributed by atoms with van der Waals surface area (Å²) in [6, 6.07) is 6.20. The molecule has 3 heterocycles. The molecule has 0 saturated carbocycles. The first-order chi connectivity index (χ1) is 13.6. The van der Waals surface area contributed by atoms with E-state index >= 15 is 0 Å². The van der Waals surface area contributed by atoms with Crippen LogP contribution in [0.15, 0.2) is 24.3 Å². The van der Waals surface area contributed by atoms with Gasteiger partial charge in [0.1, 0.15) is 17.5 Å². The minimum absolute atomic E-state index is 0.201. The van der Waals surface area contributed by atoms with Gasteiger partial charge in [0.2, 0.25) is 5.91 Å². The molecular weight excluding hydrogens is 359 g/mol. The number of carbonyl (C=O) groups excluding carboxylic acids is 1. The van der Waals surface area contributed by atoms with Gasteiger partial charge in [0.05, 0.1) is 17.9 Å². The van der Waals surface area contributed by atoms with Crippen molar-refractivity contribution in [3.63, 3.8) is 0 Å². The Morgan fingerprint density at radius 3 is 2.96 bits per heavy atom. The highest BCUT2D eigenvalue weighted by molar-refractivity contribution is 5.92. The monoisotopic (exact) mass is 384 g/mol. The third kappa shape index (κ3) is 3.98. The lowest BCUT2D eigenvalue weighted by molar-refractivity contribution is -0.117. The average molecular weight is 384 g/mol. The van der Waals surface area contributed by atoms with E-state index in [1.165, 1.54) is 6.07 Å². The first-order valence-electron chi connectivity index (χ1n) is 9.69. The topological polar surface area (TPSA) is 82.2 Å². The smallest absolute Gasteiger partial charge is 0.238 e. The molecule has 2 aromatic rings. The number of hydrogen-bond acceptors (Lipinski definition) is 6. The highest BCUT2D eigenvalue weighted by Gasteiger charge is 2.27. The van der Waals surface area contributed by atoms with Crippen LogP contribution >= 0.6 is 0 Å². The lowest BCUT2D eigenvalue weighted by atomic mass is 10.0. The highest BCUT2D eigenvalue weighted by Crippen LogP contribution is 2.27. The molecule has 1 atom stereocenters. The summed E-state index contributed by atoms with van der Waals surface area (Å²) in [6.45, 7) is 3.41. The number of fused-ring (bicyclic) bond motifs is 1. The first kappa shape index (κ1) is 18.8.